The van der Waals surface area contributed by atoms with Crippen LogP contribution in [0, 0.1) is 0 Å². The quantitative estimate of drug-likeness (QED) is 0.635. The van der Waals surface area contributed by atoms with E-state index in [-0.39, 0.29) is 18.4 Å². The highest BCUT2D eigenvalue weighted by molar-refractivity contribution is 6.30. The number of halogens is 1. The lowest BCUT2D eigenvalue weighted by Crippen LogP contribution is -2.44. The molecular weight excluding hydrogens is 420 g/mol. The SMILES string of the molecule is COc1ccc(Cl)cc1CC(=O)NCC(c1ccc(OC)c(OC)c1)N1CCOCC1. The van der Waals surface area contributed by atoms with Crippen LogP contribution in [-0.2, 0) is 16.0 Å². The average Bonchev–Trinajstić information content (AvgIpc) is 2.80. The molecule has 0 bridgehead atoms. The fraction of sp³-hybridized carbons (Fsp3) is 0.435. The molecule has 168 valence electrons. The molecule has 3 rings (SSSR count). The fourth-order valence-corrected chi connectivity index (χ4v) is 3.93. The van der Waals surface area contributed by atoms with Crippen molar-refractivity contribution in [1.29, 1.82) is 0 Å². The number of hydrogen-bond acceptors (Lipinski definition) is 6. The highest BCUT2D eigenvalue weighted by atomic mass is 35.5. The van der Waals surface area contributed by atoms with E-state index in [2.05, 4.69) is 10.2 Å². The van der Waals surface area contributed by atoms with Crippen molar-refractivity contribution >= 4 is 17.5 Å². The number of ether oxygens (including phenoxy) is 4. The first kappa shape index (κ1) is 23.2. The van der Waals surface area contributed by atoms with E-state index in [0.29, 0.717) is 42.0 Å². The Bertz CT molecular complexity index is 886. The number of carbonyl (C=O) groups is 1. The Hall–Kier alpha value is -2.48. The molecule has 0 radical (unpaired) electrons. The van der Waals surface area contributed by atoms with Gasteiger partial charge in [0.2, 0.25) is 5.91 Å². The zero-order valence-electron chi connectivity index (χ0n) is 18.2. The van der Waals surface area contributed by atoms with E-state index in [1.54, 1.807) is 39.5 Å². The Morgan fingerprint density at radius 1 is 1.03 bits per heavy atom. The molecule has 1 N–H and O–H groups in total. The van der Waals surface area contributed by atoms with Crippen molar-refractivity contribution in [3.8, 4) is 17.2 Å². The van der Waals surface area contributed by atoms with Gasteiger partial charge in [-0.15, -0.1) is 0 Å². The van der Waals surface area contributed by atoms with Crippen molar-refractivity contribution in [3.05, 3.63) is 52.5 Å². The molecule has 1 saturated heterocycles. The predicted octanol–water partition coefficient (Wildman–Crippen LogP) is 3.10. The topological polar surface area (TPSA) is 69.3 Å². The largest absolute Gasteiger partial charge is 0.496 e. The maximum Gasteiger partial charge on any atom is 0.224 e. The summed E-state index contributed by atoms with van der Waals surface area (Å²) in [6.45, 7) is 3.36. The van der Waals surface area contributed by atoms with Crippen molar-refractivity contribution in [2.45, 2.75) is 12.5 Å². The lowest BCUT2D eigenvalue weighted by atomic mass is 10.0. The molecule has 0 spiro atoms. The van der Waals surface area contributed by atoms with Crippen LogP contribution in [-0.4, -0.2) is 65.0 Å². The van der Waals surface area contributed by atoms with E-state index < -0.39 is 0 Å². The van der Waals surface area contributed by atoms with Gasteiger partial charge in [-0.1, -0.05) is 17.7 Å². The van der Waals surface area contributed by atoms with E-state index in [1.165, 1.54) is 0 Å². The highest BCUT2D eigenvalue weighted by Gasteiger charge is 2.24. The van der Waals surface area contributed by atoms with Crippen LogP contribution >= 0.6 is 11.6 Å². The summed E-state index contributed by atoms with van der Waals surface area (Å²) in [5.41, 5.74) is 1.79. The van der Waals surface area contributed by atoms with Crippen molar-refractivity contribution in [2.24, 2.45) is 0 Å². The summed E-state index contributed by atoms with van der Waals surface area (Å²) in [5.74, 6) is 1.88. The molecule has 0 aliphatic carbocycles. The molecule has 0 saturated carbocycles. The predicted molar refractivity (Wildman–Crippen MR) is 119 cm³/mol. The second kappa shape index (κ2) is 11.2. The first-order valence-corrected chi connectivity index (χ1v) is 10.6. The average molecular weight is 449 g/mol. The minimum atomic E-state index is -0.0979. The molecule has 1 aliphatic rings. The monoisotopic (exact) mass is 448 g/mol. The summed E-state index contributed by atoms with van der Waals surface area (Å²) in [6, 6.07) is 11.1. The number of hydrogen-bond donors (Lipinski definition) is 1. The molecule has 1 amide bonds. The van der Waals surface area contributed by atoms with Gasteiger partial charge in [0.1, 0.15) is 5.75 Å². The highest BCUT2D eigenvalue weighted by Crippen LogP contribution is 2.32. The molecular formula is C23H29ClN2O5. The number of rotatable bonds is 9. The first-order valence-electron chi connectivity index (χ1n) is 10.2. The van der Waals surface area contributed by atoms with Crippen LogP contribution in [0.3, 0.4) is 0 Å². The van der Waals surface area contributed by atoms with E-state index in [0.717, 1.165) is 24.2 Å². The number of nitrogens with one attached hydrogen (secondary N) is 1. The Kier molecular flexibility index (Phi) is 8.40. The van der Waals surface area contributed by atoms with Crippen LogP contribution in [0.25, 0.3) is 0 Å². The third-order valence-corrected chi connectivity index (χ3v) is 5.60. The van der Waals surface area contributed by atoms with Gasteiger partial charge in [0.15, 0.2) is 11.5 Å². The van der Waals surface area contributed by atoms with Gasteiger partial charge in [0.05, 0.1) is 47.0 Å². The second-order valence-corrected chi connectivity index (χ2v) is 7.65. The number of benzene rings is 2. The maximum atomic E-state index is 12.7. The normalized spacial score (nSPS) is 15.2. The first-order chi connectivity index (χ1) is 15.0. The number of morpholine rings is 1. The molecule has 1 unspecified atom stereocenters. The molecule has 2 aromatic carbocycles. The molecule has 31 heavy (non-hydrogen) atoms. The Morgan fingerprint density at radius 2 is 1.71 bits per heavy atom. The summed E-state index contributed by atoms with van der Waals surface area (Å²) < 4.78 is 21.7. The summed E-state index contributed by atoms with van der Waals surface area (Å²) in [5, 5.41) is 3.64. The van der Waals surface area contributed by atoms with Crippen LogP contribution in [0.1, 0.15) is 17.2 Å². The molecule has 1 aliphatic heterocycles. The van der Waals surface area contributed by atoms with Gasteiger partial charge >= 0.3 is 0 Å². The summed E-state index contributed by atoms with van der Waals surface area (Å²) in [6.07, 6.45) is 0.186. The smallest absolute Gasteiger partial charge is 0.224 e. The molecule has 1 heterocycles. The van der Waals surface area contributed by atoms with Crippen LogP contribution < -0.4 is 19.5 Å². The minimum absolute atomic E-state index is 0.0195. The van der Waals surface area contributed by atoms with Crippen molar-refractivity contribution < 1.29 is 23.7 Å². The molecule has 1 atom stereocenters. The van der Waals surface area contributed by atoms with Crippen molar-refractivity contribution in [1.82, 2.24) is 10.2 Å². The standard InChI is InChI=1S/C23H29ClN2O5/c1-28-20-7-5-18(24)12-17(20)14-23(27)25-15-19(26-8-10-31-11-9-26)16-4-6-21(29-2)22(13-16)30-3/h4-7,12-13,19H,8-11,14-15H2,1-3H3,(H,25,27). The maximum absolute atomic E-state index is 12.7. The molecule has 7 nitrogen and oxygen atoms in total. The van der Waals surface area contributed by atoms with E-state index in [4.69, 9.17) is 30.5 Å². The van der Waals surface area contributed by atoms with Crippen LogP contribution in [0.2, 0.25) is 5.02 Å². The van der Waals surface area contributed by atoms with Crippen LogP contribution in [0.5, 0.6) is 17.2 Å². The van der Waals surface area contributed by atoms with Crippen LogP contribution in [0.4, 0.5) is 0 Å². The third kappa shape index (κ3) is 6.03. The van der Waals surface area contributed by atoms with E-state index in [9.17, 15) is 4.79 Å². The number of amides is 1. The van der Waals surface area contributed by atoms with Gasteiger partial charge < -0.3 is 24.3 Å². The lowest BCUT2D eigenvalue weighted by molar-refractivity contribution is -0.120. The molecule has 1 fully saturated rings. The number of nitrogens with zero attached hydrogens (tertiary/aromatic N) is 1. The Balaban J connectivity index is 1.75. The molecule has 8 heteroatoms. The fourth-order valence-electron chi connectivity index (χ4n) is 3.74. The molecule has 0 aromatic heterocycles. The summed E-state index contributed by atoms with van der Waals surface area (Å²) >= 11 is 6.09. The van der Waals surface area contributed by atoms with Gasteiger partial charge in [-0.2, -0.15) is 0 Å². The minimum Gasteiger partial charge on any atom is -0.496 e. The lowest BCUT2D eigenvalue weighted by Gasteiger charge is -2.35. The Morgan fingerprint density at radius 3 is 2.39 bits per heavy atom. The second-order valence-electron chi connectivity index (χ2n) is 7.22. The van der Waals surface area contributed by atoms with E-state index in [1.807, 2.05) is 18.2 Å². The van der Waals surface area contributed by atoms with Gasteiger partial charge in [-0.05, 0) is 35.9 Å². The van der Waals surface area contributed by atoms with Gasteiger partial charge in [0.25, 0.3) is 0 Å². The van der Waals surface area contributed by atoms with Crippen molar-refractivity contribution in [3.63, 3.8) is 0 Å². The van der Waals surface area contributed by atoms with Gasteiger partial charge in [0, 0.05) is 30.2 Å². The number of carbonyl (C=O) groups excluding carboxylic acids is 1. The zero-order chi connectivity index (χ0) is 22.2. The third-order valence-electron chi connectivity index (χ3n) is 5.36. The van der Waals surface area contributed by atoms with E-state index >= 15 is 0 Å². The molecule has 2 aromatic rings. The van der Waals surface area contributed by atoms with Crippen LogP contribution in [0.15, 0.2) is 36.4 Å². The zero-order valence-corrected chi connectivity index (χ0v) is 18.9. The number of methoxy groups -OCH3 is 3. The Labute approximate surface area is 188 Å². The summed E-state index contributed by atoms with van der Waals surface area (Å²) in [7, 11) is 4.81. The van der Waals surface area contributed by atoms with Gasteiger partial charge in [-0.25, -0.2) is 0 Å². The van der Waals surface area contributed by atoms with Gasteiger partial charge in [-0.3, -0.25) is 9.69 Å². The summed E-state index contributed by atoms with van der Waals surface area (Å²) in [4.78, 5) is 15.0. The van der Waals surface area contributed by atoms with Crippen molar-refractivity contribution in [2.75, 3.05) is 54.2 Å².